The van der Waals surface area contributed by atoms with E-state index in [-0.39, 0.29) is 17.3 Å². The van der Waals surface area contributed by atoms with Gasteiger partial charge in [-0.05, 0) is 74.8 Å². The number of hydrogen-bond donors (Lipinski definition) is 0. The largest absolute Gasteiger partial charge is 0.433 e. The second-order valence-electron chi connectivity index (χ2n) is 8.80. The Kier molecular flexibility index (Phi) is 9.14. The lowest BCUT2D eigenvalue weighted by molar-refractivity contribution is -0.141. The normalized spacial score (nSPS) is 19.8. The molecule has 0 N–H and O–H groups in total. The number of pyridine rings is 1. The molecule has 0 spiro atoms. The van der Waals surface area contributed by atoms with E-state index >= 15 is 0 Å². The molecule has 2 aromatic rings. The highest BCUT2D eigenvalue weighted by molar-refractivity contribution is 7.89. The number of likely N-dealkylation sites (tertiary alicyclic amines) is 1. The smallest absolute Gasteiger partial charge is 0.299 e. The third-order valence-electron chi connectivity index (χ3n) is 6.54. The number of aromatic nitrogens is 1. The Bertz CT molecular complexity index is 1060. The number of rotatable bonds is 5. The summed E-state index contributed by atoms with van der Waals surface area (Å²) in [5.74, 6) is -0.470. The quantitative estimate of drug-likeness (QED) is 0.540. The van der Waals surface area contributed by atoms with Crippen molar-refractivity contribution in [2.45, 2.75) is 42.9 Å². The third-order valence-corrected chi connectivity index (χ3v) is 8.45. The van der Waals surface area contributed by atoms with Crippen molar-refractivity contribution in [1.29, 1.82) is 0 Å². The monoisotopic (exact) mass is 536 g/mol. The fourth-order valence-corrected chi connectivity index (χ4v) is 6.13. The molecule has 1 aromatic carbocycles. The van der Waals surface area contributed by atoms with Gasteiger partial charge in [-0.25, -0.2) is 12.8 Å². The van der Waals surface area contributed by atoms with E-state index in [9.17, 15) is 26.0 Å². The van der Waals surface area contributed by atoms with Gasteiger partial charge in [0.1, 0.15) is 11.5 Å². The van der Waals surface area contributed by atoms with Gasteiger partial charge in [-0.1, -0.05) is 6.07 Å². The van der Waals surface area contributed by atoms with Gasteiger partial charge in [0, 0.05) is 38.4 Å². The minimum atomic E-state index is -4.43. The predicted molar refractivity (Wildman–Crippen MR) is 126 cm³/mol. The summed E-state index contributed by atoms with van der Waals surface area (Å²) in [6, 6.07) is 7.76. The maximum absolute atomic E-state index is 13.2. The van der Waals surface area contributed by atoms with Crippen LogP contribution in [0.5, 0.6) is 0 Å². The van der Waals surface area contributed by atoms with Gasteiger partial charge in [0.2, 0.25) is 10.0 Å². The highest BCUT2D eigenvalue weighted by Gasteiger charge is 2.33. The maximum atomic E-state index is 13.2. The summed E-state index contributed by atoms with van der Waals surface area (Å²) in [5.41, 5.74) is -0.130. The first kappa shape index (κ1) is 27.8. The summed E-state index contributed by atoms with van der Waals surface area (Å²) in [5, 5.41) is 0. The minimum absolute atomic E-state index is 0. The van der Waals surface area contributed by atoms with E-state index < -0.39 is 27.7 Å². The number of nitrogens with zero attached hydrogens (tertiary/aromatic N) is 4. The molecule has 2 fully saturated rings. The Balaban J connectivity index is 0.00000342. The average molecular weight is 537 g/mol. The van der Waals surface area contributed by atoms with Gasteiger partial charge in [-0.3, -0.25) is 14.8 Å². The Labute approximate surface area is 209 Å². The van der Waals surface area contributed by atoms with E-state index in [1.807, 2.05) is 0 Å². The molecule has 0 amide bonds. The molecule has 12 heteroatoms. The fraction of sp³-hybridized carbons (Fsp3) is 0.522. The number of piperidine rings is 1. The molecule has 3 heterocycles. The summed E-state index contributed by atoms with van der Waals surface area (Å²) in [6.45, 7) is 4.45. The molecule has 0 aliphatic carbocycles. The Morgan fingerprint density at radius 2 is 1.60 bits per heavy atom. The van der Waals surface area contributed by atoms with E-state index in [1.54, 1.807) is 0 Å². The van der Waals surface area contributed by atoms with Crippen LogP contribution in [-0.2, 0) is 22.7 Å². The highest BCUT2D eigenvalue weighted by Crippen LogP contribution is 2.28. The van der Waals surface area contributed by atoms with Crippen molar-refractivity contribution in [2.75, 3.05) is 39.3 Å². The van der Waals surface area contributed by atoms with Crippen LogP contribution >= 0.6 is 12.4 Å². The lowest BCUT2D eigenvalue weighted by Crippen LogP contribution is -2.46. The van der Waals surface area contributed by atoms with Gasteiger partial charge in [0.05, 0.1) is 4.90 Å². The van der Waals surface area contributed by atoms with E-state index in [1.165, 1.54) is 28.7 Å². The van der Waals surface area contributed by atoms with Gasteiger partial charge in [-0.2, -0.15) is 17.5 Å². The molecule has 4 rings (SSSR count). The number of benzene rings is 1. The zero-order chi connectivity index (χ0) is 24.3. The van der Waals surface area contributed by atoms with Crippen LogP contribution in [0.25, 0.3) is 0 Å². The van der Waals surface area contributed by atoms with Crippen LogP contribution in [0.15, 0.2) is 47.5 Å². The first-order valence-corrected chi connectivity index (χ1v) is 12.8. The van der Waals surface area contributed by atoms with Crippen LogP contribution in [0.3, 0.4) is 0 Å². The average Bonchev–Trinajstić information content (AvgIpc) is 3.07. The van der Waals surface area contributed by atoms with Crippen LogP contribution in [0, 0.1) is 5.82 Å². The van der Waals surface area contributed by atoms with Crippen LogP contribution in [0.4, 0.5) is 17.6 Å². The molecular formula is C23H29ClF4N4O2S. The first-order valence-electron chi connectivity index (χ1n) is 11.4. The van der Waals surface area contributed by atoms with Crippen LogP contribution in [0.2, 0.25) is 0 Å². The highest BCUT2D eigenvalue weighted by atomic mass is 35.5. The number of alkyl halides is 3. The van der Waals surface area contributed by atoms with E-state index in [0.717, 1.165) is 62.7 Å². The summed E-state index contributed by atoms with van der Waals surface area (Å²) in [4.78, 5) is 8.20. The Morgan fingerprint density at radius 1 is 0.914 bits per heavy atom. The summed E-state index contributed by atoms with van der Waals surface area (Å²) in [6.07, 6.45) is -0.590. The molecule has 6 nitrogen and oxygen atoms in total. The van der Waals surface area contributed by atoms with Crippen molar-refractivity contribution < 1.29 is 26.0 Å². The molecular weight excluding hydrogens is 508 g/mol. The third kappa shape index (κ3) is 6.91. The van der Waals surface area contributed by atoms with Gasteiger partial charge in [0.15, 0.2) is 0 Å². The van der Waals surface area contributed by atoms with Crippen molar-refractivity contribution in [3.63, 3.8) is 0 Å². The van der Waals surface area contributed by atoms with Crippen LogP contribution in [0.1, 0.15) is 30.5 Å². The summed E-state index contributed by atoms with van der Waals surface area (Å²) < 4.78 is 78.6. The fourth-order valence-electron chi connectivity index (χ4n) is 4.66. The zero-order valence-electron chi connectivity index (χ0n) is 19.1. The van der Waals surface area contributed by atoms with Crippen molar-refractivity contribution >= 4 is 22.4 Å². The van der Waals surface area contributed by atoms with E-state index in [2.05, 4.69) is 14.8 Å². The predicted octanol–water partition coefficient (Wildman–Crippen LogP) is 4.02. The van der Waals surface area contributed by atoms with Crippen molar-refractivity contribution in [2.24, 2.45) is 0 Å². The molecule has 0 radical (unpaired) electrons. The zero-order valence-corrected chi connectivity index (χ0v) is 20.8. The molecule has 35 heavy (non-hydrogen) atoms. The molecule has 1 aromatic heterocycles. The van der Waals surface area contributed by atoms with Gasteiger partial charge in [-0.15, -0.1) is 12.4 Å². The van der Waals surface area contributed by atoms with Crippen molar-refractivity contribution in [3.05, 3.63) is 59.7 Å². The molecule has 2 aliphatic heterocycles. The first-order chi connectivity index (χ1) is 16.1. The minimum Gasteiger partial charge on any atom is -0.299 e. The molecule has 2 aliphatic rings. The van der Waals surface area contributed by atoms with Crippen LogP contribution < -0.4 is 0 Å². The molecule has 0 bridgehead atoms. The van der Waals surface area contributed by atoms with Gasteiger partial charge >= 0.3 is 6.18 Å². The SMILES string of the molecule is Cl.O=S(=O)(c1ccc(F)cc1)N1CCCN(C2CCN(Cc3ccc(C(F)(F)F)nc3)CC2)CC1. The van der Waals surface area contributed by atoms with E-state index in [0.29, 0.717) is 32.2 Å². The standard InChI is InChI=1S/C23H28F4N4O2S.ClH/c24-19-3-5-21(6-4-19)34(32,33)31-11-1-10-30(14-15-31)20-8-12-29(13-9-20)17-18-2-7-22(28-16-18)23(25,26)27;/h2-7,16,20H,1,8-15,17H2;1H. The summed E-state index contributed by atoms with van der Waals surface area (Å²) in [7, 11) is -3.66. The topological polar surface area (TPSA) is 56.8 Å². The number of sulfonamides is 1. The Hall–Kier alpha value is -1.79. The molecule has 194 valence electrons. The second-order valence-corrected chi connectivity index (χ2v) is 10.7. The van der Waals surface area contributed by atoms with Crippen molar-refractivity contribution in [1.82, 2.24) is 19.1 Å². The van der Waals surface area contributed by atoms with Crippen LogP contribution in [-0.4, -0.2) is 72.8 Å². The van der Waals surface area contributed by atoms with E-state index in [4.69, 9.17) is 0 Å². The van der Waals surface area contributed by atoms with Crippen molar-refractivity contribution in [3.8, 4) is 0 Å². The van der Waals surface area contributed by atoms with Gasteiger partial charge in [0.25, 0.3) is 0 Å². The molecule has 2 saturated heterocycles. The second kappa shape index (κ2) is 11.5. The number of hydrogen-bond acceptors (Lipinski definition) is 5. The summed E-state index contributed by atoms with van der Waals surface area (Å²) >= 11 is 0. The molecule has 0 unspecified atom stereocenters. The maximum Gasteiger partial charge on any atom is 0.433 e. The molecule has 0 atom stereocenters. The molecule has 0 saturated carbocycles. The van der Waals surface area contributed by atoms with Gasteiger partial charge < -0.3 is 0 Å². The lowest BCUT2D eigenvalue weighted by atomic mass is 10.0. The lowest BCUT2D eigenvalue weighted by Gasteiger charge is -2.38. The number of halogens is 5. The Morgan fingerprint density at radius 3 is 2.20 bits per heavy atom.